The molecular weight excluding hydrogens is 440 g/mol. The summed E-state index contributed by atoms with van der Waals surface area (Å²) in [4.78, 5) is 0. The third kappa shape index (κ3) is 6.02. The Bertz CT molecular complexity index is 948. The average Bonchev–Trinajstić information content (AvgIpc) is 2.73. The second kappa shape index (κ2) is 10.4. The molecule has 3 aromatic carbocycles. The van der Waals surface area contributed by atoms with E-state index in [0.717, 1.165) is 28.6 Å². The zero-order valence-corrected chi connectivity index (χ0v) is 17.6. The van der Waals surface area contributed by atoms with Crippen molar-refractivity contribution >= 4 is 15.9 Å². The summed E-state index contributed by atoms with van der Waals surface area (Å²) >= 11 is 3.56. The molecule has 0 aromatic heterocycles. The van der Waals surface area contributed by atoms with Crippen molar-refractivity contribution < 1.29 is 18.3 Å². The maximum absolute atomic E-state index is 13.8. The Morgan fingerprint density at radius 1 is 0.931 bits per heavy atom. The predicted molar refractivity (Wildman–Crippen MR) is 113 cm³/mol. The van der Waals surface area contributed by atoms with Crippen LogP contribution in [0.1, 0.15) is 16.7 Å². The van der Waals surface area contributed by atoms with Crippen LogP contribution in [0.5, 0.6) is 11.5 Å². The van der Waals surface area contributed by atoms with Gasteiger partial charge in [-0.2, -0.15) is 0 Å². The van der Waals surface area contributed by atoms with Crippen molar-refractivity contribution in [2.45, 2.75) is 19.6 Å². The highest BCUT2D eigenvalue weighted by molar-refractivity contribution is 9.10. The van der Waals surface area contributed by atoms with Gasteiger partial charge >= 0.3 is 0 Å². The van der Waals surface area contributed by atoms with E-state index < -0.39 is 0 Å². The molecule has 3 nitrogen and oxygen atoms in total. The Morgan fingerprint density at radius 3 is 2.41 bits per heavy atom. The highest BCUT2D eigenvalue weighted by atomic mass is 79.9. The van der Waals surface area contributed by atoms with Crippen molar-refractivity contribution in [3.8, 4) is 11.5 Å². The molecule has 0 amide bonds. The van der Waals surface area contributed by atoms with E-state index in [-0.39, 0.29) is 18.2 Å². The Labute approximate surface area is 177 Å². The number of methoxy groups -OCH3 is 1. The SMILES string of the molecule is COc1cc(CNCCc2ccc(F)cc2)c(Br)cc1OCc1ccccc1F. The Hall–Kier alpha value is -2.44. The second-order valence-corrected chi connectivity index (χ2v) is 7.38. The van der Waals surface area contributed by atoms with Crippen molar-refractivity contribution in [2.24, 2.45) is 0 Å². The van der Waals surface area contributed by atoms with Gasteiger partial charge in [0.05, 0.1) is 7.11 Å². The largest absolute Gasteiger partial charge is 0.493 e. The van der Waals surface area contributed by atoms with Gasteiger partial charge in [0.2, 0.25) is 0 Å². The summed E-state index contributed by atoms with van der Waals surface area (Å²) in [5, 5.41) is 3.37. The minimum atomic E-state index is -0.299. The quantitative estimate of drug-likeness (QED) is 0.417. The maximum atomic E-state index is 13.8. The predicted octanol–water partition coefficient (Wildman–Crippen LogP) is 5.65. The van der Waals surface area contributed by atoms with Gasteiger partial charge in [0.15, 0.2) is 11.5 Å². The van der Waals surface area contributed by atoms with Crippen LogP contribution in [0.4, 0.5) is 8.78 Å². The molecule has 29 heavy (non-hydrogen) atoms. The van der Waals surface area contributed by atoms with E-state index in [9.17, 15) is 8.78 Å². The van der Waals surface area contributed by atoms with Gasteiger partial charge in [-0.05, 0) is 54.4 Å². The third-order valence-electron chi connectivity index (χ3n) is 4.49. The summed E-state index contributed by atoms with van der Waals surface area (Å²) in [6.45, 7) is 1.50. The molecule has 0 saturated carbocycles. The highest BCUT2D eigenvalue weighted by Crippen LogP contribution is 2.34. The van der Waals surface area contributed by atoms with Crippen molar-refractivity contribution in [3.63, 3.8) is 0 Å². The van der Waals surface area contributed by atoms with Gasteiger partial charge in [-0.25, -0.2) is 8.78 Å². The molecule has 3 aromatic rings. The molecule has 0 unspecified atom stereocenters. The Balaban J connectivity index is 1.58. The van der Waals surface area contributed by atoms with Gasteiger partial charge in [0.1, 0.15) is 18.2 Å². The van der Waals surface area contributed by atoms with E-state index in [1.807, 2.05) is 12.1 Å². The summed E-state index contributed by atoms with van der Waals surface area (Å²) in [6.07, 6.45) is 0.804. The normalized spacial score (nSPS) is 10.8. The van der Waals surface area contributed by atoms with Crippen LogP contribution in [0, 0.1) is 11.6 Å². The van der Waals surface area contributed by atoms with Gasteiger partial charge in [-0.1, -0.05) is 46.3 Å². The first kappa shape index (κ1) is 21.3. The van der Waals surface area contributed by atoms with Gasteiger partial charge < -0.3 is 14.8 Å². The summed E-state index contributed by atoms with van der Waals surface area (Å²) in [7, 11) is 1.57. The zero-order chi connectivity index (χ0) is 20.6. The lowest BCUT2D eigenvalue weighted by molar-refractivity contribution is 0.279. The van der Waals surface area contributed by atoms with Crippen LogP contribution in [0.25, 0.3) is 0 Å². The van der Waals surface area contributed by atoms with Gasteiger partial charge in [0.25, 0.3) is 0 Å². The third-order valence-corrected chi connectivity index (χ3v) is 5.23. The first-order chi connectivity index (χ1) is 14.1. The smallest absolute Gasteiger partial charge is 0.162 e. The van der Waals surface area contributed by atoms with Crippen LogP contribution in [0.3, 0.4) is 0 Å². The minimum absolute atomic E-state index is 0.116. The van der Waals surface area contributed by atoms with Crippen molar-refractivity contribution in [2.75, 3.05) is 13.7 Å². The van der Waals surface area contributed by atoms with E-state index in [1.54, 1.807) is 37.4 Å². The first-order valence-electron chi connectivity index (χ1n) is 9.24. The number of nitrogens with one attached hydrogen (secondary N) is 1. The molecule has 0 aliphatic heterocycles. The van der Waals surface area contributed by atoms with E-state index in [1.165, 1.54) is 18.2 Å². The van der Waals surface area contributed by atoms with Crippen molar-refractivity contribution in [1.29, 1.82) is 0 Å². The Kier molecular flexibility index (Phi) is 7.61. The van der Waals surface area contributed by atoms with Gasteiger partial charge in [-0.3, -0.25) is 0 Å². The molecule has 1 N–H and O–H groups in total. The number of ether oxygens (including phenoxy) is 2. The second-order valence-electron chi connectivity index (χ2n) is 6.53. The molecule has 0 heterocycles. The molecule has 0 atom stereocenters. The molecular formula is C23H22BrF2NO2. The fourth-order valence-electron chi connectivity index (χ4n) is 2.86. The summed E-state index contributed by atoms with van der Waals surface area (Å²) in [6, 6.07) is 16.8. The van der Waals surface area contributed by atoms with E-state index in [2.05, 4.69) is 21.2 Å². The first-order valence-corrected chi connectivity index (χ1v) is 10.0. The molecule has 0 fully saturated rings. The fraction of sp³-hybridized carbons (Fsp3) is 0.217. The van der Waals surface area contributed by atoms with Gasteiger partial charge in [-0.15, -0.1) is 0 Å². The van der Waals surface area contributed by atoms with Crippen molar-refractivity contribution in [1.82, 2.24) is 5.32 Å². The topological polar surface area (TPSA) is 30.5 Å². The van der Waals surface area contributed by atoms with Crippen molar-refractivity contribution in [3.05, 3.63) is 93.5 Å². The molecule has 0 radical (unpaired) electrons. The lowest BCUT2D eigenvalue weighted by atomic mass is 10.1. The molecule has 6 heteroatoms. The van der Waals surface area contributed by atoms with Gasteiger partial charge in [0, 0.05) is 16.6 Å². The van der Waals surface area contributed by atoms with E-state index in [4.69, 9.17) is 9.47 Å². The molecule has 0 spiro atoms. The number of halogens is 3. The molecule has 0 aliphatic rings. The summed E-state index contributed by atoms with van der Waals surface area (Å²) in [5.74, 6) is 0.597. The van der Waals surface area contributed by atoms with E-state index >= 15 is 0 Å². The number of hydrogen-bond donors (Lipinski definition) is 1. The standard InChI is InChI=1S/C23H22BrF2NO2/c1-28-22-12-18(14-27-11-10-16-6-8-19(25)9-7-16)20(24)13-23(22)29-15-17-4-2-3-5-21(17)26/h2-9,12-13,27H,10-11,14-15H2,1H3. The number of rotatable bonds is 9. The van der Waals surface area contributed by atoms with Crippen LogP contribution in [-0.2, 0) is 19.6 Å². The Morgan fingerprint density at radius 2 is 1.69 bits per heavy atom. The minimum Gasteiger partial charge on any atom is -0.493 e. The fourth-order valence-corrected chi connectivity index (χ4v) is 3.33. The molecule has 0 saturated heterocycles. The van der Waals surface area contributed by atoms with Crippen LogP contribution in [-0.4, -0.2) is 13.7 Å². The summed E-state index contributed by atoms with van der Waals surface area (Å²) < 4.78 is 38.8. The molecule has 152 valence electrons. The van der Waals surface area contributed by atoms with Crippen LogP contribution in [0.15, 0.2) is 65.1 Å². The zero-order valence-electron chi connectivity index (χ0n) is 16.1. The average molecular weight is 462 g/mol. The van der Waals surface area contributed by atoms with Crippen LogP contribution in [0.2, 0.25) is 0 Å². The summed E-state index contributed by atoms with van der Waals surface area (Å²) in [5.41, 5.74) is 2.57. The molecule has 0 aliphatic carbocycles. The number of benzene rings is 3. The van der Waals surface area contributed by atoms with Crippen LogP contribution < -0.4 is 14.8 Å². The lowest BCUT2D eigenvalue weighted by Gasteiger charge is -2.15. The van der Waals surface area contributed by atoms with E-state index in [0.29, 0.717) is 23.6 Å². The lowest BCUT2D eigenvalue weighted by Crippen LogP contribution is -2.17. The molecule has 0 bridgehead atoms. The molecule has 3 rings (SSSR count). The number of hydrogen-bond acceptors (Lipinski definition) is 3. The monoisotopic (exact) mass is 461 g/mol. The highest BCUT2D eigenvalue weighted by Gasteiger charge is 2.11. The van der Waals surface area contributed by atoms with Crippen LogP contribution >= 0.6 is 15.9 Å². The maximum Gasteiger partial charge on any atom is 0.162 e.